The second-order valence-electron chi connectivity index (χ2n) is 7.32. The van der Waals surface area contributed by atoms with Gasteiger partial charge in [0.1, 0.15) is 11.9 Å². The molecular weight excluding hydrogens is 358 g/mol. The number of nitrogens with one attached hydrogen (secondary N) is 1. The lowest BCUT2D eigenvalue weighted by molar-refractivity contribution is 0.121. The van der Waals surface area contributed by atoms with Crippen molar-refractivity contribution in [3.63, 3.8) is 0 Å². The molecule has 4 heterocycles. The summed E-state index contributed by atoms with van der Waals surface area (Å²) in [6, 6.07) is 6.00. The van der Waals surface area contributed by atoms with Crippen LogP contribution in [-0.2, 0) is 4.74 Å². The summed E-state index contributed by atoms with van der Waals surface area (Å²) in [6.07, 6.45) is 5.83. The van der Waals surface area contributed by atoms with Gasteiger partial charge in [-0.15, -0.1) is 10.2 Å². The third-order valence-electron chi connectivity index (χ3n) is 5.57. The Morgan fingerprint density at radius 1 is 1.14 bits per heavy atom. The summed E-state index contributed by atoms with van der Waals surface area (Å²) in [5, 5.41) is 15.4. The van der Waals surface area contributed by atoms with E-state index in [1.54, 1.807) is 0 Å². The van der Waals surface area contributed by atoms with Gasteiger partial charge in [0.15, 0.2) is 5.82 Å². The second kappa shape index (κ2) is 7.67. The van der Waals surface area contributed by atoms with Gasteiger partial charge in [-0.2, -0.15) is 10.2 Å². The lowest BCUT2D eigenvalue weighted by atomic mass is 9.87. The van der Waals surface area contributed by atoms with E-state index in [0.29, 0.717) is 11.8 Å². The van der Waals surface area contributed by atoms with Crippen LogP contribution in [0.15, 0.2) is 24.4 Å². The number of pyridine rings is 2. The molecule has 1 saturated heterocycles. The highest BCUT2D eigenvalue weighted by Gasteiger charge is 2.27. The molecule has 1 saturated carbocycles. The fourth-order valence-electron chi connectivity index (χ4n) is 4.02. The topological polar surface area (TPSA) is 102 Å². The summed E-state index contributed by atoms with van der Waals surface area (Å²) in [7, 11) is 0. The highest BCUT2D eigenvalue weighted by atomic mass is 16.5. The van der Waals surface area contributed by atoms with Crippen molar-refractivity contribution >= 4 is 16.7 Å². The molecule has 1 aliphatic carbocycles. The van der Waals surface area contributed by atoms with E-state index in [2.05, 4.69) is 30.5 Å². The molecule has 0 radical (unpaired) electrons. The highest BCUT2D eigenvalue weighted by Crippen LogP contribution is 2.34. The Bertz CT molecular complexity index is 919. The van der Waals surface area contributed by atoms with Crippen LogP contribution >= 0.6 is 0 Å². The van der Waals surface area contributed by atoms with E-state index in [4.69, 9.17) is 14.5 Å². The number of aromatic amines is 1. The van der Waals surface area contributed by atoms with Crippen molar-refractivity contribution < 1.29 is 9.47 Å². The molecule has 3 aromatic rings. The number of aromatic nitrogens is 6. The molecule has 9 heteroatoms. The van der Waals surface area contributed by atoms with Crippen LogP contribution in [-0.4, -0.2) is 63.0 Å². The van der Waals surface area contributed by atoms with Crippen LogP contribution in [0.3, 0.4) is 0 Å². The molecule has 0 unspecified atom stereocenters. The summed E-state index contributed by atoms with van der Waals surface area (Å²) < 4.78 is 11.9. The van der Waals surface area contributed by atoms with Crippen molar-refractivity contribution in [3.8, 4) is 5.88 Å². The van der Waals surface area contributed by atoms with Crippen molar-refractivity contribution in [1.29, 1.82) is 0 Å². The van der Waals surface area contributed by atoms with Crippen molar-refractivity contribution in [2.45, 2.75) is 37.7 Å². The number of H-pyrrole nitrogens is 1. The Morgan fingerprint density at radius 3 is 2.79 bits per heavy atom. The zero-order valence-corrected chi connectivity index (χ0v) is 15.6. The number of hydrogen-bond donors (Lipinski definition) is 1. The predicted molar refractivity (Wildman–Crippen MR) is 102 cm³/mol. The molecule has 0 atom stereocenters. The maximum atomic E-state index is 6.39. The highest BCUT2D eigenvalue weighted by molar-refractivity contribution is 5.85. The van der Waals surface area contributed by atoms with E-state index in [1.807, 2.05) is 24.4 Å². The molecule has 2 aliphatic rings. The number of fused-ring (bicyclic) bond motifs is 1. The summed E-state index contributed by atoms with van der Waals surface area (Å²) in [4.78, 5) is 11.6. The quantitative estimate of drug-likeness (QED) is 0.733. The standard InChI is InChI=1S/C19H23N7O2/c1-2-15-16(20-7-1)12-17(26-8-10-27-11-9-26)21-19(15)28-14-5-3-13(4-6-14)18-22-24-25-23-18/h1-2,7,12-14H,3-6,8-11H2,(H,22,23,24,25). The number of tetrazole rings is 1. The van der Waals surface area contributed by atoms with E-state index in [0.717, 1.165) is 74.5 Å². The molecule has 28 heavy (non-hydrogen) atoms. The average Bonchev–Trinajstić information content (AvgIpc) is 3.30. The first-order valence-electron chi connectivity index (χ1n) is 9.85. The van der Waals surface area contributed by atoms with Crippen LogP contribution < -0.4 is 9.64 Å². The number of anilines is 1. The molecule has 3 aromatic heterocycles. The number of rotatable bonds is 4. The van der Waals surface area contributed by atoms with Gasteiger partial charge < -0.3 is 14.4 Å². The molecule has 0 bridgehead atoms. The summed E-state index contributed by atoms with van der Waals surface area (Å²) in [6.45, 7) is 3.11. The van der Waals surface area contributed by atoms with Gasteiger partial charge in [-0.3, -0.25) is 4.98 Å². The zero-order valence-electron chi connectivity index (χ0n) is 15.6. The Kier molecular flexibility index (Phi) is 4.74. The summed E-state index contributed by atoms with van der Waals surface area (Å²) in [5.74, 6) is 2.74. The fraction of sp³-hybridized carbons (Fsp3) is 0.526. The second-order valence-corrected chi connectivity index (χ2v) is 7.32. The smallest absolute Gasteiger partial charge is 0.225 e. The lowest BCUT2D eigenvalue weighted by Gasteiger charge is -2.30. The molecule has 1 aliphatic heterocycles. The third-order valence-corrected chi connectivity index (χ3v) is 5.57. The number of ether oxygens (including phenoxy) is 2. The first kappa shape index (κ1) is 17.3. The minimum absolute atomic E-state index is 0.138. The summed E-state index contributed by atoms with van der Waals surface area (Å²) in [5.41, 5.74) is 0.912. The first-order chi connectivity index (χ1) is 13.9. The van der Waals surface area contributed by atoms with E-state index >= 15 is 0 Å². The molecular formula is C19H23N7O2. The third kappa shape index (κ3) is 3.49. The van der Waals surface area contributed by atoms with Crippen LogP contribution in [0.5, 0.6) is 5.88 Å². The van der Waals surface area contributed by atoms with Crippen molar-refractivity contribution in [2.75, 3.05) is 31.2 Å². The van der Waals surface area contributed by atoms with Crippen LogP contribution in [0, 0.1) is 0 Å². The van der Waals surface area contributed by atoms with Crippen molar-refractivity contribution in [3.05, 3.63) is 30.2 Å². The van der Waals surface area contributed by atoms with Gasteiger partial charge in [-0.25, -0.2) is 0 Å². The predicted octanol–water partition coefficient (Wildman–Crippen LogP) is 2.08. The van der Waals surface area contributed by atoms with E-state index in [-0.39, 0.29) is 6.10 Å². The van der Waals surface area contributed by atoms with Crippen molar-refractivity contribution in [2.24, 2.45) is 0 Å². The molecule has 1 N–H and O–H groups in total. The average molecular weight is 381 g/mol. The summed E-state index contributed by atoms with van der Waals surface area (Å²) >= 11 is 0. The fourth-order valence-corrected chi connectivity index (χ4v) is 4.02. The van der Waals surface area contributed by atoms with E-state index in [1.165, 1.54) is 0 Å². The first-order valence-corrected chi connectivity index (χ1v) is 9.85. The maximum absolute atomic E-state index is 6.39. The SMILES string of the molecule is c1cnc2cc(N3CCOCC3)nc(OC3CCC(c4nn[nH]n4)CC3)c2c1. The lowest BCUT2D eigenvalue weighted by Crippen LogP contribution is -2.36. The number of hydrogen-bond acceptors (Lipinski definition) is 8. The van der Waals surface area contributed by atoms with Crippen LogP contribution in [0.25, 0.3) is 10.9 Å². The Hall–Kier alpha value is -2.81. The van der Waals surface area contributed by atoms with Crippen LogP contribution in [0.2, 0.25) is 0 Å². The van der Waals surface area contributed by atoms with Gasteiger partial charge in [-0.1, -0.05) is 5.21 Å². The number of nitrogens with zero attached hydrogens (tertiary/aromatic N) is 6. The van der Waals surface area contributed by atoms with Gasteiger partial charge in [0.2, 0.25) is 5.88 Å². The minimum atomic E-state index is 0.138. The molecule has 2 fully saturated rings. The van der Waals surface area contributed by atoms with Gasteiger partial charge in [0.25, 0.3) is 0 Å². The molecule has 0 amide bonds. The molecule has 9 nitrogen and oxygen atoms in total. The van der Waals surface area contributed by atoms with Gasteiger partial charge in [0.05, 0.1) is 24.1 Å². The Balaban J connectivity index is 1.36. The van der Waals surface area contributed by atoms with Crippen LogP contribution in [0.4, 0.5) is 5.82 Å². The molecule has 0 spiro atoms. The minimum Gasteiger partial charge on any atom is -0.474 e. The molecule has 146 valence electrons. The maximum Gasteiger partial charge on any atom is 0.225 e. The van der Waals surface area contributed by atoms with E-state index < -0.39 is 0 Å². The van der Waals surface area contributed by atoms with Crippen molar-refractivity contribution in [1.82, 2.24) is 30.6 Å². The normalized spacial score (nSPS) is 23.1. The van der Waals surface area contributed by atoms with Gasteiger partial charge in [0, 0.05) is 31.3 Å². The zero-order chi connectivity index (χ0) is 18.8. The van der Waals surface area contributed by atoms with E-state index in [9.17, 15) is 0 Å². The monoisotopic (exact) mass is 381 g/mol. The van der Waals surface area contributed by atoms with Gasteiger partial charge in [-0.05, 0) is 37.8 Å². The Morgan fingerprint density at radius 2 is 2.00 bits per heavy atom. The molecule has 0 aromatic carbocycles. The van der Waals surface area contributed by atoms with Gasteiger partial charge >= 0.3 is 0 Å². The number of morpholine rings is 1. The largest absolute Gasteiger partial charge is 0.474 e. The molecule has 5 rings (SSSR count). The Labute approximate surface area is 162 Å². The van der Waals surface area contributed by atoms with Crippen LogP contribution in [0.1, 0.15) is 37.4 Å².